The van der Waals surface area contributed by atoms with Gasteiger partial charge in [-0.25, -0.2) is 0 Å². The molecule has 1 aliphatic heterocycles. The van der Waals surface area contributed by atoms with Crippen molar-refractivity contribution in [1.29, 1.82) is 0 Å². The summed E-state index contributed by atoms with van der Waals surface area (Å²) < 4.78 is 22.7. The van der Waals surface area contributed by atoms with Crippen molar-refractivity contribution in [3.8, 4) is 0 Å². The summed E-state index contributed by atoms with van der Waals surface area (Å²) in [4.78, 5) is 0. The lowest BCUT2D eigenvalue weighted by Crippen LogP contribution is -2.45. The van der Waals surface area contributed by atoms with Gasteiger partial charge in [0, 0.05) is 12.5 Å². The molecular weight excluding hydrogens is 248 g/mol. The highest BCUT2D eigenvalue weighted by atomic mass is 16.8. The Morgan fingerprint density at radius 3 is 2.37 bits per heavy atom. The van der Waals surface area contributed by atoms with E-state index in [0.717, 1.165) is 0 Å². The van der Waals surface area contributed by atoms with Gasteiger partial charge in [-0.15, -0.1) is 0 Å². The standard InChI is InChI=1S/C14H28O5/c1-7-16-11(3)17-8-10(2)12-14(6,9-15)19-13(4,5)18-12/h10-12,15H,7-9H2,1-6H3. The zero-order valence-electron chi connectivity index (χ0n) is 12.9. The van der Waals surface area contributed by atoms with E-state index in [1.165, 1.54) is 0 Å². The van der Waals surface area contributed by atoms with Crippen molar-refractivity contribution in [3.05, 3.63) is 0 Å². The molecule has 1 N–H and O–H groups in total. The number of ether oxygens (including phenoxy) is 4. The molecule has 0 aliphatic carbocycles. The smallest absolute Gasteiger partial charge is 0.164 e. The molecule has 0 radical (unpaired) electrons. The highest BCUT2D eigenvalue weighted by Crippen LogP contribution is 2.39. The second-order valence-corrected chi connectivity index (χ2v) is 5.84. The summed E-state index contributed by atoms with van der Waals surface area (Å²) in [6.07, 6.45) is -0.440. The topological polar surface area (TPSA) is 57.2 Å². The van der Waals surface area contributed by atoms with Crippen molar-refractivity contribution in [1.82, 2.24) is 0 Å². The van der Waals surface area contributed by atoms with Crippen LogP contribution < -0.4 is 0 Å². The molecule has 19 heavy (non-hydrogen) atoms. The maximum atomic E-state index is 9.57. The van der Waals surface area contributed by atoms with E-state index in [1.807, 2.05) is 41.5 Å². The first-order valence-corrected chi connectivity index (χ1v) is 6.96. The molecule has 0 aromatic heterocycles. The summed E-state index contributed by atoms with van der Waals surface area (Å²) in [5.41, 5.74) is -0.693. The third-order valence-electron chi connectivity index (χ3n) is 3.32. The summed E-state index contributed by atoms with van der Waals surface area (Å²) in [5.74, 6) is -0.580. The minimum atomic E-state index is -0.693. The lowest BCUT2D eigenvalue weighted by Gasteiger charge is -2.30. The van der Waals surface area contributed by atoms with Crippen LogP contribution in [0.2, 0.25) is 0 Å². The summed E-state index contributed by atoms with van der Waals surface area (Å²) in [7, 11) is 0. The number of aliphatic hydroxyl groups is 1. The molecule has 5 nitrogen and oxygen atoms in total. The van der Waals surface area contributed by atoms with Crippen molar-refractivity contribution < 1.29 is 24.1 Å². The third kappa shape index (κ3) is 4.39. The molecule has 5 heteroatoms. The number of rotatable bonds is 7. The molecule has 1 aliphatic rings. The zero-order chi connectivity index (χ0) is 14.7. The second-order valence-electron chi connectivity index (χ2n) is 5.84. The van der Waals surface area contributed by atoms with Gasteiger partial charge in [0.05, 0.1) is 19.3 Å². The number of aliphatic hydroxyl groups excluding tert-OH is 1. The van der Waals surface area contributed by atoms with Gasteiger partial charge in [-0.3, -0.25) is 0 Å². The summed E-state index contributed by atoms with van der Waals surface area (Å²) in [5, 5.41) is 9.57. The molecule has 1 fully saturated rings. The average Bonchev–Trinajstić information content (AvgIpc) is 2.57. The van der Waals surface area contributed by atoms with Gasteiger partial charge in [-0.2, -0.15) is 0 Å². The third-order valence-corrected chi connectivity index (χ3v) is 3.32. The van der Waals surface area contributed by atoms with Crippen LogP contribution >= 0.6 is 0 Å². The first kappa shape index (κ1) is 16.9. The largest absolute Gasteiger partial charge is 0.393 e. The quantitative estimate of drug-likeness (QED) is 0.720. The van der Waals surface area contributed by atoms with E-state index in [9.17, 15) is 5.11 Å². The van der Waals surface area contributed by atoms with Crippen LogP contribution in [0.3, 0.4) is 0 Å². The SMILES string of the molecule is CCOC(C)OCC(C)C1OC(C)(C)OC1(C)CO. The molecule has 0 saturated carbocycles. The molecular formula is C14H28O5. The fourth-order valence-corrected chi connectivity index (χ4v) is 2.57. The van der Waals surface area contributed by atoms with Crippen molar-refractivity contribution in [2.24, 2.45) is 5.92 Å². The lowest BCUT2D eigenvalue weighted by molar-refractivity contribution is -0.170. The maximum Gasteiger partial charge on any atom is 0.164 e. The summed E-state index contributed by atoms with van der Waals surface area (Å²) >= 11 is 0. The minimum Gasteiger partial charge on any atom is -0.393 e. The second kappa shape index (κ2) is 6.50. The molecule has 0 bridgehead atoms. The predicted molar refractivity (Wildman–Crippen MR) is 71.7 cm³/mol. The van der Waals surface area contributed by atoms with E-state index in [0.29, 0.717) is 13.2 Å². The Balaban J connectivity index is 2.57. The molecule has 0 aromatic carbocycles. The number of hydrogen-bond acceptors (Lipinski definition) is 5. The van der Waals surface area contributed by atoms with E-state index < -0.39 is 11.4 Å². The first-order valence-electron chi connectivity index (χ1n) is 6.96. The fourth-order valence-electron chi connectivity index (χ4n) is 2.57. The Labute approximate surface area is 116 Å². The van der Waals surface area contributed by atoms with Crippen LogP contribution in [-0.2, 0) is 18.9 Å². The lowest BCUT2D eigenvalue weighted by atomic mass is 9.90. The highest BCUT2D eigenvalue weighted by Gasteiger charge is 2.51. The Bertz CT molecular complexity index is 281. The molecule has 1 rings (SSSR count). The Morgan fingerprint density at radius 1 is 1.21 bits per heavy atom. The normalized spacial score (nSPS) is 33.3. The van der Waals surface area contributed by atoms with Gasteiger partial charge in [0.15, 0.2) is 12.1 Å². The number of hydrogen-bond donors (Lipinski definition) is 1. The molecule has 4 atom stereocenters. The van der Waals surface area contributed by atoms with Crippen molar-refractivity contribution in [2.45, 2.75) is 65.3 Å². The Morgan fingerprint density at radius 2 is 1.84 bits per heavy atom. The molecule has 0 spiro atoms. The van der Waals surface area contributed by atoms with Crippen LogP contribution in [0.4, 0.5) is 0 Å². The van der Waals surface area contributed by atoms with Crippen LogP contribution in [0, 0.1) is 5.92 Å². The molecule has 114 valence electrons. The van der Waals surface area contributed by atoms with Gasteiger partial charge in [-0.1, -0.05) is 6.92 Å². The van der Waals surface area contributed by atoms with Gasteiger partial charge in [0.2, 0.25) is 0 Å². The zero-order valence-corrected chi connectivity index (χ0v) is 12.9. The fraction of sp³-hybridized carbons (Fsp3) is 1.00. The van der Waals surface area contributed by atoms with E-state index in [4.69, 9.17) is 18.9 Å². The highest BCUT2D eigenvalue weighted by molar-refractivity contribution is 4.95. The van der Waals surface area contributed by atoms with Gasteiger partial charge in [0.1, 0.15) is 5.60 Å². The van der Waals surface area contributed by atoms with E-state index >= 15 is 0 Å². The summed E-state index contributed by atoms with van der Waals surface area (Å²) in [6.45, 7) is 12.5. The van der Waals surface area contributed by atoms with Crippen LogP contribution in [0.5, 0.6) is 0 Å². The maximum absolute atomic E-state index is 9.57. The molecule has 1 heterocycles. The van der Waals surface area contributed by atoms with Crippen LogP contribution in [0.25, 0.3) is 0 Å². The molecule has 0 aromatic rings. The van der Waals surface area contributed by atoms with E-state index in [1.54, 1.807) is 0 Å². The molecule has 4 unspecified atom stereocenters. The van der Waals surface area contributed by atoms with Crippen LogP contribution in [0.15, 0.2) is 0 Å². The Kier molecular flexibility index (Phi) is 5.77. The van der Waals surface area contributed by atoms with Crippen LogP contribution in [0.1, 0.15) is 41.5 Å². The monoisotopic (exact) mass is 276 g/mol. The van der Waals surface area contributed by atoms with Crippen molar-refractivity contribution in [2.75, 3.05) is 19.8 Å². The van der Waals surface area contributed by atoms with Gasteiger partial charge in [0.25, 0.3) is 0 Å². The molecule has 1 saturated heterocycles. The van der Waals surface area contributed by atoms with Gasteiger partial charge in [-0.05, 0) is 34.6 Å². The predicted octanol–water partition coefficient (Wildman–Crippen LogP) is 1.92. The van der Waals surface area contributed by atoms with E-state index in [-0.39, 0.29) is 24.9 Å². The van der Waals surface area contributed by atoms with Crippen molar-refractivity contribution in [3.63, 3.8) is 0 Å². The van der Waals surface area contributed by atoms with Gasteiger partial charge >= 0.3 is 0 Å². The van der Waals surface area contributed by atoms with Crippen molar-refractivity contribution >= 4 is 0 Å². The Hall–Kier alpha value is -0.200. The average molecular weight is 276 g/mol. The summed E-state index contributed by atoms with van der Waals surface area (Å²) in [6, 6.07) is 0. The van der Waals surface area contributed by atoms with Gasteiger partial charge < -0.3 is 24.1 Å². The first-order chi connectivity index (χ1) is 8.74. The molecule has 0 amide bonds. The van der Waals surface area contributed by atoms with Crippen LogP contribution in [-0.4, -0.2) is 48.7 Å². The van der Waals surface area contributed by atoms with E-state index in [2.05, 4.69) is 0 Å². The minimum absolute atomic E-state index is 0.0769.